The molecule has 0 saturated carbocycles. The maximum atomic E-state index is 10.8. The van der Waals surface area contributed by atoms with E-state index in [-0.39, 0.29) is 12.1 Å². The van der Waals surface area contributed by atoms with Crippen LogP contribution in [0.15, 0.2) is 36.4 Å². The first-order valence-electron chi connectivity index (χ1n) is 6.08. The van der Waals surface area contributed by atoms with Crippen LogP contribution in [0.3, 0.4) is 0 Å². The first-order chi connectivity index (χ1) is 8.39. The molecule has 0 spiro atoms. The third-order valence-electron chi connectivity index (χ3n) is 2.71. The van der Waals surface area contributed by atoms with Crippen LogP contribution >= 0.6 is 0 Å². The molecule has 18 heavy (non-hydrogen) atoms. The van der Waals surface area contributed by atoms with E-state index in [0.717, 1.165) is 5.56 Å². The summed E-state index contributed by atoms with van der Waals surface area (Å²) in [7, 11) is 0. The highest BCUT2D eigenvalue weighted by molar-refractivity contribution is 5.69. The average Bonchev–Trinajstić information content (AvgIpc) is 2.27. The zero-order valence-electron chi connectivity index (χ0n) is 11.3. The van der Waals surface area contributed by atoms with Gasteiger partial charge in [-0.15, -0.1) is 0 Å². The summed E-state index contributed by atoms with van der Waals surface area (Å²) in [6.45, 7) is 6.75. The number of carbonyl (C=O) groups is 1. The fourth-order valence-electron chi connectivity index (χ4n) is 1.62. The zero-order valence-corrected chi connectivity index (χ0v) is 11.3. The van der Waals surface area contributed by atoms with Crippen LogP contribution < -0.4 is 0 Å². The Balaban J connectivity index is 2.62. The van der Waals surface area contributed by atoms with Crippen molar-refractivity contribution in [2.45, 2.75) is 26.3 Å². The Labute approximate surface area is 109 Å². The van der Waals surface area contributed by atoms with Crippen LogP contribution in [0, 0.1) is 0 Å². The lowest BCUT2D eigenvalue weighted by Crippen LogP contribution is -2.44. The van der Waals surface area contributed by atoms with Gasteiger partial charge in [-0.2, -0.15) is 0 Å². The molecule has 3 heteroatoms. The van der Waals surface area contributed by atoms with Gasteiger partial charge in [-0.1, -0.05) is 42.5 Å². The van der Waals surface area contributed by atoms with Crippen LogP contribution in [-0.4, -0.2) is 34.6 Å². The van der Waals surface area contributed by atoms with Crippen molar-refractivity contribution in [1.82, 2.24) is 4.90 Å². The summed E-state index contributed by atoms with van der Waals surface area (Å²) >= 11 is 0. The number of carboxylic acids is 1. The van der Waals surface area contributed by atoms with Gasteiger partial charge in [0.15, 0.2) is 0 Å². The molecule has 0 heterocycles. The van der Waals surface area contributed by atoms with Gasteiger partial charge in [0, 0.05) is 12.1 Å². The fourth-order valence-corrected chi connectivity index (χ4v) is 1.62. The van der Waals surface area contributed by atoms with E-state index in [1.165, 1.54) is 0 Å². The van der Waals surface area contributed by atoms with Crippen LogP contribution in [0.4, 0.5) is 0 Å². The normalized spacial score (nSPS) is 12.2. The molecule has 3 nitrogen and oxygen atoms in total. The molecule has 0 amide bonds. The van der Waals surface area contributed by atoms with Crippen LogP contribution in [0.25, 0.3) is 6.08 Å². The van der Waals surface area contributed by atoms with Crippen LogP contribution in [0.2, 0.25) is 0 Å². The molecular formula is C15H21NO2. The molecule has 0 unspecified atom stereocenters. The summed E-state index contributed by atoms with van der Waals surface area (Å²) < 4.78 is 0. The number of benzene rings is 1. The maximum Gasteiger partial charge on any atom is 0.317 e. The van der Waals surface area contributed by atoms with Crippen molar-refractivity contribution >= 4 is 12.0 Å². The lowest BCUT2D eigenvalue weighted by atomic mass is 10.1. The summed E-state index contributed by atoms with van der Waals surface area (Å²) in [6.07, 6.45) is 4.02. The molecule has 0 bridgehead atoms. The van der Waals surface area contributed by atoms with Crippen molar-refractivity contribution in [2.24, 2.45) is 0 Å². The third-order valence-corrected chi connectivity index (χ3v) is 2.71. The molecule has 0 aliphatic heterocycles. The van der Waals surface area contributed by atoms with E-state index in [0.29, 0.717) is 6.54 Å². The Morgan fingerprint density at radius 2 is 1.89 bits per heavy atom. The summed E-state index contributed by atoms with van der Waals surface area (Å²) in [5.74, 6) is -0.793. The molecule has 0 aliphatic carbocycles. The lowest BCUT2D eigenvalue weighted by molar-refractivity contribution is -0.139. The second-order valence-corrected chi connectivity index (χ2v) is 5.26. The Kier molecular flexibility index (Phi) is 5.10. The van der Waals surface area contributed by atoms with Gasteiger partial charge < -0.3 is 5.11 Å². The largest absolute Gasteiger partial charge is 0.480 e. The molecule has 0 fully saturated rings. The van der Waals surface area contributed by atoms with Gasteiger partial charge in [-0.05, 0) is 26.3 Å². The Morgan fingerprint density at radius 3 is 2.39 bits per heavy atom. The van der Waals surface area contributed by atoms with E-state index in [1.54, 1.807) is 0 Å². The van der Waals surface area contributed by atoms with Crippen molar-refractivity contribution in [3.05, 3.63) is 42.0 Å². The minimum absolute atomic E-state index is 0.0582. The van der Waals surface area contributed by atoms with Crippen LogP contribution in [0.5, 0.6) is 0 Å². The molecule has 1 rings (SSSR count). The highest BCUT2D eigenvalue weighted by atomic mass is 16.4. The van der Waals surface area contributed by atoms with Crippen molar-refractivity contribution in [2.75, 3.05) is 13.1 Å². The lowest BCUT2D eigenvalue weighted by Gasteiger charge is -2.33. The average molecular weight is 247 g/mol. The second-order valence-electron chi connectivity index (χ2n) is 5.26. The van der Waals surface area contributed by atoms with E-state index in [2.05, 4.69) is 0 Å². The zero-order chi connectivity index (χ0) is 13.6. The molecule has 1 aromatic rings. The molecule has 0 radical (unpaired) electrons. The summed E-state index contributed by atoms with van der Waals surface area (Å²) in [4.78, 5) is 12.7. The van der Waals surface area contributed by atoms with Gasteiger partial charge in [0.25, 0.3) is 0 Å². The molecule has 0 saturated heterocycles. The molecule has 1 aromatic carbocycles. The number of rotatable bonds is 5. The minimum atomic E-state index is -0.793. The number of aliphatic carboxylic acids is 1. The van der Waals surface area contributed by atoms with Crippen molar-refractivity contribution in [1.29, 1.82) is 0 Å². The van der Waals surface area contributed by atoms with Gasteiger partial charge in [0.1, 0.15) is 0 Å². The third kappa shape index (κ3) is 5.15. The van der Waals surface area contributed by atoms with E-state index >= 15 is 0 Å². The molecule has 0 aromatic heterocycles. The number of hydrogen-bond donors (Lipinski definition) is 1. The Morgan fingerprint density at radius 1 is 1.28 bits per heavy atom. The summed E-state index contributed by atoms with van der Waals surface area (Å²) in [5, 5.41) is 8.90. The topological polar surface area (TPSA) is 40.5 Å². The molecule has 98 valence electrons. The predicted octanol–water partition coefficient (Wildman–Crippen LogP) is 2.88. The van der Waals surface area contributed by atoms with E-state index < -0.39 is 5.97 Å². The van der Waals surface area contributed by atoms with Crippen molar-refractivity contribution < 1.29 is 9.90 Å². The predicted molar refractivity (Wildman–Crippen MR) is 74.4 cm³/mol. The summed E-state index contributed by atoms with van der Waals surface area (Å²) in [6, 6.07) is 9.99. The smallest absolute Gasteiger partial charge is 0.317 e. The second kappa shape index (κ2) is 6.36. The molecule has 0 aliphatic rings. The van der Waals surface area contributed by atoms with E-state index in [1.807, 2.05) is 68.2 Å². The molecular weight excluding hydrogens is 226 g/mol. The van der Waals surface area contributed by atoms with E-state index in [9.17, 15) is 4.79 Å². The highest BCUT2D eigenvalue weighted by Gasteiger charge is 2.21. The van der Waals surface area contributed by atoms with Gasteiger partial charge in [0.2, 0.25) is 0 Å². The minimum Gasteiger partial charge on any atom is -0.480 e. The molecule has 1 N–H and O–H groups in total. The summed E-state index contributed by atoms with van der Waals surface area (Å²) in [5.41, 5.74) is 0.973. The van der Waals surface area contributed by atoms with Gasteiger partial charge in [-0.25, -0.2) is 0 Å². The van der Waals surface area contributed by atoms with Crippen molar-refractivity contribution in [3.63, 3.8) is 0 Å². The number of carboxylic acid groups (broad SMARTS) is 1. The van der Waals surface area contributed by atoms with Gasteiger partial charge >= 0.3 is 5.97 Å². The highest BCUT2D eigenvalue weighted by Crippen LogP contribution is 2.13. The standard InChI is InChI=1S/C15H21NO2/c1-15(2,3)16(12-14(17)18)11-7-10-13-8-5-4-6-9-13/h4-10H,11-12H2,1-3H3,(H,17,18). The fraction of sp³-hybridized carbons (Fsp3) is 0.400. The Bertz CT molecular complexity index is 404. The van der Waals surface area contributed by atoms with Crippen molar-refractivity contribution in [3.8, 4) is 0 Å². The number of nitrogens with zero attached hydrogens (tertiary/aromatic N) is 1. The van der Waals surface area contributed by atoms with Crippen LogP contribution in [0.1, 0.15) is 26.3 Å². The van der Waals surface area contributed by atoms with E-state index in [4.69, 9.17) is 5.11 Å². The van der Waals surface area contributed by atoms with Gasteiger partial charge in [0.05, 0.1) is 6.54 Å². The molecule has 0 atom stereocenters. The van der Waals surface area contributed by atoms with Crippen LogP contribution in [-0.2, 0) is 4.79 Å². The first-order valence-corrected chi connectivity index (χ1v) is 6.08. The monoisotopic (exact) mass is 247 g/mol. The quantitative estimate of drug-likeness (QED) is 0.869. The first kappa shape index (κ1) is 14.5. The Hall–Kier alpha value is -1.61. The van der Waals surface area contributed by atoms with Gasteiger partial charge in [-0.3, -0.25) is 9.69 Å². The number of hydrogen-bond acceptors (Lipinski definition) is 2. The maximum absolute atomic E-state index is 10.8. The SMILES string of the molecule is CC(C)(C)N(CC=Cc1ccccc1)CC(=O)O.